The Hall–Kier alpha value is -2.89. The summed E-state index contributed by atoms with van der Waals surface area (Å²) in [5.74, 6) is -0.960. The molecule has 0 aliphatic rings. The molecule has 6 heteroatoms. The largest absolute Gasteiger partial charge is 0.462 e. The van der Waals surface area contributed by atoms with E-state index in [1.54, 1.807) is 0 Å². The molecule has 0 saturated carbocycles. The highest BCUT2D eigenvalue weighted by molar-refractivity contribution is 5.71. The first-order chi connectivity index (χ1) is 32.0. The highest BCUT2D eigenvalue weighted by atomic mass is 16.6. The van der Waals surface area contributed by atoms with Crippen molar-refractivity contribution in [3.63, 3.8) is 0 Å². The Bertz CT molecular complexity index is 1180. The van der Waals surface area contributed by atoms with Crippen LogP contribution in [0.25, 0.3) is 0 Å². The highest BCUT2D eigenvalue weighted by Gasteiger charge is 2.19. The number of esters is 3. The summed E-state index contributed by atoms with van der Waals surface area (Å²) in [6, 6.07) is 0. The number of hydrogen-bond donors (Lipinski definition) is 0. The van der Waals surface area contributed by atoms with Crippen LogP contribution in [-0.4, -0.2) is 37.2 Å². The van der Waals surface area contributed by atoms with Crippen molar-refractivity contribution in [2.45, 2.75) is 284 Å². The Balaban J connectivity index is 4.10. The van der Waals surface area contributed by atoms with Crippen LogP contribution in [-0.2, 0) is 28.6 Å². The molecule has 0 aromatic heterocycles. The van der Waals surface area contributed by atoms with Gasteiger partial charge >= 0.3 is 17.9 Å². The number of allylic oxidation sites excluding steroid dienone is 10. The molecule has 6 nitrogen and oxygen atoms in total. The fourth-order valence-electron chi connectivity index (χ4n) is 7.89. The SMILES string of the molecule is CC/C=C\C/C=C\C/C=C\C/C=C\C/C=C\CCCC(=O)OC(COC(=O)CCCCCCC)COC(=O)CCCCCCCCCCCCCCCCCCCCCCCCCCC. The lowest BCUT2D eigenvalue weighted by Gasteiger charge is -2.18. The van der Waals surface area contributed by atoms with E-state index in [0.717, 1.165) is 83.5 Å². The van der Waals surface area contributed by atoms with E-state index in [1.165, 1.54) is 148 Å². The standard InChI is InChI=1S/C59H104O6/c1-4-7-10-13-15-17-19-21-23-25-26-27-28-29-30-31-32-34-35-37-39-41-43-46-49-52-58(61)64-55-56(54-63-57(60)51-48-45-12-9-6-3)65-59(62)53-50-47-44-42-40-38-36-33-24-22-20-18-16-14-11-8-5-2/h8,11,16,18,22,24,36,38,42,44,56H,4-7,9-10,12-15,17,19-21,23,25-35,37,39-41,43,45-55H2,1-3H3/b11-8-,18-16-,24-22-,38-36-,44-42-. The minimum Gasteiger partial charge on any atom is -0.462 e. The topological polar surface area (TPSA) is 78.9 Å². The first-order valence-electron chi connectivity index (χ1n) is 27.8. The molecule has 0 bridgehead atoms. The van der Waals surface area contributed by atoms with Gasteiger partial charge in [-0.3, -0.25) is 14.4 Å². The predicted molar refractivity (Wildman–Crippen MR) is 279 cm³/mol. The van der Waals surface area contributed by atoms with Crippen LogP contribution in [0.15, 0.2) is 60.8 Å². The fraction of sp³-hybridized carbons (Fsp3) is 0.780. The lowest BCUT2D eigenvalue weighted by Crippen LogP contribution is -2.30. The molecule has 0 amide bonds. The van der Waals surface area contributed by atoms with Crippen LogP contribution >= 0.6 is 0 Å². The summed E-state index contributed by atoms with van der Waals surface area (Å²) in [4.78, 5) is 37.7. The van der Waals surface area contributed by atoms with Crippen molar-refractivity contribution in [2.24, 2.45) is 0 Å². The van der Waals surface area contributed by atoms with Crippen LogP contribution in [0.4, 0.5) is 0 Å². The lowest BCUT2D eigenvalue weighted by molar-refractivity contribution is -0.167. The zero-order valence-electron chi connectivity index (χ0n) is 43.0. The van der Waals surface area contributed by atoms with Crippen LogP contribution in [0.1, 0.15) is 278 Å². The number of rotatable bonds is 50. The normalized spacial score (nSPS) is 12.5. The van der Waals surface area contributed by atoms with Crippen molar-refractivity contribution in [3.8, 4) is 0 Å². The fourth-order valence-corrected chi connectivity index (χ4v) is 7.89. The van der Waals surface area contributed by atoms with Crippen molar-refractivity contribution in [1.82, 2.24) is 0 Å². The molecular formula is C59H104O6. The first kappa shape index (κ1) is 62.1. The summed E-state index contributed by atoms with van der Waals surface area (Å²) < 4.78 is 16.6. The van der Waals surface area contributed by atoms with Gasteiger partial charge in [0.05, 0.1) is 0 Å². The third-order valence-corrected chi connectivity index (χ3v) is 12.0. The first-order valence-corrected chi connectivity index (χ1v) is 27.8. The summed E-state index contributed by atoms with van der Waals surface area (Å²) in [6.45, 7) is 6.41. The van der Waals surface area contributed by atoms with Crippen molar-refractivity contribution in [2.75, 3.05) is 13.2 Å². The van der Waals surface area contributed by atoms with Crippen LogP contribution in [0.3, 0.4) is 0 Å². The second-order valence-corrected chi connectivity index (χ2v) is 18.5. The van der Waals surface area contributed by atoms with Crippen LogP contribution < -0.4 is 0 Å². The smallest absolute Gasteiger partial charge is 0.306 e. The van der Waals surface area contributed by atoms with Gasteiger partial charge in [-0.1, -0.05) is 261 Å². The molecule has 0 fully saturated rings. The number of hydrogen-bond acceptors (Lipinski definition) is 6. The number of unbranched alkanes of at least 4 members (excludes halogenated alkanes) is 29. The van der Waals surface area contributed by atoms with Gasteiger partial charge < -0.3 is 14.2 Å². The summed E-state index contributed by atoms with van der Waals surface area (Å²) in [6.07, 6.45) is 67.0. The molecule has 0 N–H and O–H groups in total. The van der Waals surface area contributed by atoms with Crippen molar-refractivity contribution < 1.29 is 28.6 Å². The van der Waals surface area contributed by atoms with E-state index < -0.39 is 6.10 Å². The summed E-state index contributed by atoms with van der Waals surface area (Å²) in [5, 5.41) is 0. The average Bonchev–Trinajstić information content (AvgIpc) is 3.30. The van der Waals surface area contributed by atoms with Crippen LogP contribution in [0.2, 0.25) is 0 Å². The Morgan fingerprint density at radius 3 is 0.923 bits per heavy atom. The third-order valence-electron chi connectivity index (χ3n) is 12.0. The number of ether oxygens (including phenoxy) is 3. The maximum absolute atomic E-state index is 12.7. The molecule has 0 aromatic rings. The van der Waals surface area contributed by atoms with Gasteiger partial charge in [0.25, 0.3) is 0 Å². The molecule has 1 atom stereocenters. The molecule has 0 aliphatic carbocycles. The van der Waals surface area contributed by atoms with Gasteiger partial charge in [0.2, 0.25) is 0 Å². The molecule has 376 valence electrons. The van der Waals surface area contributed by atoms with Gasteiger partial charge in [-0.05, 0) is 57.8 Å². The Morgan fingerprint density at radius 2 is 0.600 bits per heavy atom. The van der Waals surface area contributed by atoms with E-state index in [-0.39, 0.29) is 37.5 Å². The van der Waals surface area contributed by atoms with Crippen molar-refractivity contribution in [1.29, 1.82) is 0 Å². The number of carbonyl (C=O) groups excluding carboxylic acids is 3. The predicted octanol–water partition coefficient (Wildman–Crippen LogP) is 18.4. The number of carbonyl (C=O) groups is 3. The van der Waals surface area contributed by atoms with Crippen molar-refractivity contribution >= 4 is 17.9 Å². The van der Waals surface area contributed by atoms with Gasteiger partial charge in [0.1, 0.15) is 13.2 Å². The summed E-state index contributed by atoms with van der Waals surface area (Å²) >= 11 is 0. The molecule has 0 heterocycles. The van der Waals surface area contributed by atoms with Gasteiger partial charge in [-0.2, -0.15) is 0 Å². The molecule has 0 rings (SSSR count). The molecular weight excluding hydrogens is 805 g/mol. The quantitative estimate of drug-likeness (QED) is 0.0262. The summed E-state index contributed by atoms with van der Waals surface area (Å²) in [5.41, 5.74) is 0. The molecule has 0 aliphatic heterocycles. The van der Waals surface area contributed by atoms with Gasteiger partial charge in [0, 0.05) is 19.3 Å². The van der Waals surface area contributed by atoms with Gasteiger partial charge in [0.15, 0.2) is 6.10 Å². The van der Waals surface area contributed by atoms with E-state index >= 15 is 0 Å². The zero-order valence-corrected chi connectivity index (χ0v) is 43.0. The lowest BCUT2D eigenvalue weighted by atomic mass is 10.0. The molecule has 0 spiro atoms. The van der Waals surface area contributed by atoms with Crippen LogP contribution in [0.5, 0.6) is 0 Å². The highest BCUT2D eigenvalue weighted by Crippen LogP contribution is 2.17. The minimum absolute atomic E-state index is 0.0947. The maximum Gasteiger partial charge on any atom is 0.306 e. The molecule has 1 unspecified atom stereocenters. The van der Waals surface area contributed by atoms with E-state index in [2.05, 4.69) is 81.5 Å². The van der Waals surface area contributed by atoms with Crippen molar-refractivity contribution in [3.05, 3.63) is 60.8 Å². The third kappa shape index (κ3) is 51.9. The maximum atomic E-state index is 12.7. The van der Waals surface area contributed by atoms with Crippen LogP contribution in [0, 0.1) is 0 Å². The molecule has 0 radical (unpaired) electrons. The van der Waals surface area contributed by atoms with E-state index in [9.17, 15) is 14.4 Å². The average molecular weight is 909 g/mol. The monoisotopic (exact) mass is 909 g/mol. The van der Waals surface area contributed by atoms with E-state index in [1.807, 2.05) is 0 Å². The Labute approximate surface area is 402 Å². The minimum atomic E-state index is -0.798. The van der Waals surface area contributed by atoms with Gasteiger partial charge in [-0.15, -0.1) is 0 Å². The Morgan fingerprint density at radius 1 is 0.323 bits per heavy atom. The summed E-state index contributed by atoms with van der Waals surface area (Å²) in [7, 11) is 0. The second-order valence-electron chi connectivity index (χ2n) is 18.5. The molecule has 65 heavy (non-hydrogen) atoms. The van der Waals surface area contributed by atoms with Gasteiger partial charge in [-0.25, -0.2) is 0 Å². The molecule has 0 saturated heterocycles. The zero-order chi connectivity index (χ0) is 47.2. The molecule has 0 aromatic carbocycles. The second kappa shape index (κ2) is 53.7. The van der Waals surface area contributed by atoms with E-state index in [4.69, 9.17) is 14.2 Å². The Kier molecular flexibility index (Phi) is 51.3. The van der Waals surface area contributed by atoms with E-state index in [0.29, 0.717) is 19.3 Å².